The van der Waals surface area contributed by atoms with Crippen molar-refractivity contribution in [3.8, 4) is 0 Å². The molecule has 3 aromatic carbocycles. The van der Waals surface area contributed by atoms with Gasteiger partial charge in [-0.25, -0.2) is 0 Å². The van der Waals surface area contributed by atoms with Crippen LogP contribution in [-0.4, -0.2) is 44.0 Å². The normalized spacial score (nSPS) is 16.8. The van der Waals surface area contributed by atoms with Crippen molar-refractivity contribution in [2.75, 3.05) is 6.16 Å². The molecule has 1 aliphatic heterocycles. The molecule has 36 heavy (non-hydrogen) atoms. The first-order valence-corrected chi connectivity index (χ1v) is 14.0. The Labute approximate surface area is 222 Å². The van der Waals surface area contributed by atoms with Crippen LogP contribution in [0.25, 0.3) is 0 Å². The minimum atomic E-state index is -2.38. The Morgan fingerprint density at radius 1 is 0.778 bits per heavy atom. The molecule has 1 aliphatic rings. The molecule has 1 fully saturated rings. The number of amides is 1. The molecule has 1 heterocycles. The first-order valence-electron chi connectivity index (χ1n) is 12.1. The summed E-state index contributed by atoms with van der Waals surface area (Å²) in [4.78, 5) is 14.0. The van der Waals surface area contributed by atoms with Crippen LogP contribution in [0.1, 0.15) is 47.0 Å². The number of piperidine rings is 1. The van der Waals surface area contributed by atoms with Gasteiger partial charge in [0.2, 0.25) is 0 Å². The van der Waals surface area contributed by atoms with E-state index in [9.17, 15) is 10.0 Å². The Kier molecular flexibility index (Phi) is 9.86. The highest BCUT2D eigenvalue weighted by atomic mass is 35.5. The fraction of sp³-hybridized carbons (Fsp3) is 0.345. The van der Waals surface area contributed by atoms with Crippen LogP contribution in [0.4, 0.5) is 0 Å². The number of rotatable bonds is 6. The van der Waals surface area contributed by atoms with E-state index in [0.29, 0.717) is 0 Å². The number of hydrogen-bond acceptors (Lipinski definition) is 3. The van der Waals surface area contributed by atoms with E-state index in [2.05, 4.69) is 64.1 Å². The Balaban J connectivity index is 0.00000228. The highest BCUT2D eigenvalue weighted by molar-refractivity contribution is 7.96. The summed E-state index contributed by atoms with van der Waals surface area (Å²) in [6.45, 7) is 8.44. The number of hydrazine groups is 1. The van der Waals surface area contributed by atoms with Crippen LogP contribution >= 0.6 is 7.26 Å². The molecule has 194 valence electrons. The largest absolute Gasteiger partial charge is 1.00 e. The second-order valence-electron chi connectivity index (χ2n) is 10.4. The van der Waals surface area contributed by atoms with Gasteiger partial charge in [-0.1, -0.05) is 54.6 Å². The summed E-state index contributed by atoms with van der Waals surface area (Å²) in [6, 6.07) is 31.0. The maximum Gasteiger partial charge on any atom is 0.300 e. The Bertz CT molecular complexity index is 998. The minimum absolute atomic E-state index is 0. The molecule has 4 rings (SSSR count). The lowest BCUT2D eigenvalue weighted by atomic mass is 9.81. The van der Waals surface area contributed by atoms with Crippen molar-refractivity contribution in [2.45, 2.75) is 58.0 Å². The number of hydrogen-bond donors (Lipinski definition) is 1. The Morgan fingerprint density at radius 3 is 1.44 bits per heavy atom. The van der Waals surface area contributed by atoms with Crippen molar-refractivity contribution in [1.82, 2.24) is 10.2 Å². The average Bonchev–Trinajstić information content (AvgIpc) is 2.83. The lowest BCUT2D eigenvalue weighted by molar-refractivity contribution is -0.300. The van der Waals surface area contributed by atoms with Gasteiger partial charge in [0.1, 0.15) is 23.2 Å². The molecule has 5 nitrogen and oxygen atoms in total. The Hall–Kier alpha value is -2.27. The topological polar surface area (TPSA) is 75.3 Å². The lowest BCUT2D eigenvalue weighted by Gasteiger charge is -2.54. The van der Waals surface area contributed by atoms with Crippen LogP contribution in [0.5, 0.6) is 0 Å². The number of carbonyl (C=O) groups excluding carboxylic acids is 1. The predicted octanol–water partition coefficient (Wildman–Crippen LogP) is 1.34. The van der Waals surface area contributed by atoms with Crippen molar-refractivity contribution in [3.05, 3.63) is 91.0 Å². The van der Waals surface area contributed by atoms with Crippen LogP contribution < -0.4 is 28.3 Å². The lowest BCUT2D eigenvalue weighted by Crippen LogP contribution is -3.00. The van der Waals surface area contributed by atoms with Crippen LogP contribution in [-0.2, 0) is 4.79 Å². The molecule has 7 heteroatoms. The van der Waals surface area contributed by atoms with E-state index in [-0.39, 0.29) is 41.0 Å². The second-order valence-corrected chi connectivity index (χ2v) is 13.9. The molecule has 0 radical (unpaired) electrons. The standard InChI is InChI=1S/C29H36N2O2P.ClH.H2O/c1-28(2)21-14-22-29(3,4)31(28)30(33)27(32)23-34(24-15-8-5-9-16-24,25-17-10-6-11-18-25)26-19-12-7-13-20-26;;/h5-13,15-20,33H,14,21-23H2,1-4H3;1H;1H2/q+1;;/p-1. The van der Waals surface area contributed by atoms with Gasteiger partial charge in [0, 0.05) is 11.1 Å². The predicted molar refractivity (Wildman–Crippen MR) is 146 cm³/mol. The smallest absolute Gasteiger partial charge is 0.300 e. The van der Waals surface area contributed by atoms with Crippen molar-refractivity contribution in [2.24, 2.45) is 0 Å². The SMILES string of the molecule is CC1(C)CCCC(C)(C)N1N(O)C(=O)C[P+](c1ccccc1)(c1ccccc1)c1ccccc1.O.[Cl-]. The zero-order valence-corrected chi connectivity index (χ0v) is 23.2. The van der Waals surface area contributed by atoms with Gasteiger partial charge < -0.3 is 17.9 Å². The third-order valence-corrected chi connectivity index (χ3v) is 11.4. The van der Waals surface area contributed by atoms with Crippen LogP contribution in [0, 0.1) is 0 Å². The number of carbonyl (C=O) groups is 1. The number of nitrogens with zero attached hydrogens (tertiary/aromatic N) is 2. The Morgan fingerprint density at radius 2 is 1.11 bits per heavy atom. The molecule has 0 spiro atoms. The van der Waals surface area contributed by atoms with Crippen LogP contribution in [0.15, 0.2) is 91.0 Å². The maximum absolute atomic E-state index is 14.0. The minimum Gasteiger partial charge on any atom is -1.00 e. The molecule has 0 saturated carbocycles. The van der Waals surface area contributed by atoms with Crippen molar-refractivity contribution < 1.29 is 27.9 Å². The van der Waals surface area contributed by atoms with Crippen LogP contribution in [0.3, 0.4) is 0 Å². The molecule has 0 aliphatic carbocycles. The van der Waals surface area contributed by atoms with Crippen LogP contribution in [0.2, 0.25) is 0 Å². The third-order valence-electron chi connectivity index (χ3n) is 7.10. The highest BCUT2D eigenvalue weighted by Crippen LogP contribution is 2.55. The first-order chi connectivity index (χ1) is 16.2. The molecule has 3 aromatic rings. The van der Waals surface area contributed by atoms with E-state index in [1.165, 1.54) is 0 Å². The molecule has 1 amide bonds. The summed E-state index contributed by atoms with van der Waals surface area (Å²) < 4.78 is 0. The summed E-state index contributed by atoms with van der Waals surface area (Å²) in [5.41, 5.74) is -0.640. The molecule has 3 N–H and O–H groups in total. The summed E-state index contributed by atoms with van der Waals surface area (Å²) >= 11 is 0. The van der Waals surface area contributed by atoms with Gasteiger partial charge in [0.25, 0.3) is 5.91 Å². The van der Waals surface area contributed by atoms with Crippen molar-refractivity contribution in [3.63, 3.8) is 0 Å². The van der Waals surface area contributed by atoms with Crippen molar-refractivity contribution in [1.29, 1.82) is 0 Å². The average molecular weight is 529 g/mol. The van der Waals surface area contributed by atoms with Gasteiger partial charge in [-0.2, -0.15) is 5.01 Å². The molecule has 1 saturated heterocycles. The van der Waals surface area contributed by atoms with Gasteiger partial charge in [-0.3, -0.25) is 10.0 Å². The third kappa shape index (κ3) is 5.66. The summed E-state index contributed by atoms with van der Waals surface area (Å²) in [5, 5.41) is 17.7. The number of halogens is 1. The van der Waals surface area contributed by atoms with Gasteiger partial charge in [-0.05, 0) is 83.4 Å². The monoisotopic (exact) mass is 528 g/mol. The highest BCUT2D eigenvalue weighted by Gasteiger charge is 2.51. The van der Waals surface area contributed by atoms with E-state index >= 15 is 0 Å². The van der Waals surface area contributed by atoms with Gasteiger partial charge >= 0.3 is 0 Å². The maximum atomic E-state index is 14.0. The molecular weight excluding hydrogens is 491 g/mol. The van der Waals surface area contributed by atoms with E-state index in [1.54, 1.807) is 0 Å². The summed E-state index contributed by atoms with van der Waals surface area (Å²) in [7, 11) is -2.38. The summed E-state index contributed by atoms with van der Waals surface area (Å²) in [6.07, 6.45) is 3.14. The molecule has 0 unspecified atom stereocenters. The van der Waals surface area contributed by atoms with E-state index < -0.39 is 7.26 Å². The van der Waals surface area contributed by atoms with E-state index in [1.807, 2.05) is 59.6 Å². The number of hydroxylamine groups is 1. The van der Waals surface area contributed by atoms with Crippen molar-refractivity contribution >= 4 is 29.1 Å². The molecular formula is C29H38ClN2O3P. The zero-order valence-electron chi connectivity index (χ0n) is 21.6. The van der Waals surface area contributed by atoms with Gasteiger partial charge in [-0.15, -0.1) is 5.17 Å². The van der Waals surface area contributed by atoms with E-state index in [4.69, 9.17) is 0 Å². The van der Waals surface area contributed by atoms with E-state index in [0.717, 1.165) is 40.3 Å². The molecule has 0 atom stereocenters. The number of benzene rings is 3. The molecule has 0 bridgehead atoms. The van der Waals surface area contributed by atoms with Gasteiger partial charge in [0.05, 0.1) is 0 Å². The van der Waals surface area contributed by atoms with Gasteiger partial charge in [0.15, 0.2) is 6.16 Å². The fourth-order valence-electron chi connectivity index (χ4n) is 5.64. The second kappa shape index (κ2) is 11.9. The fourth-order valence-corrected chi connectivity index (χ4v) is 9.66. The zero-order chi connectivity index (χ0) is 24.4. The summed E-state index contributed by atoms with van der Waals surface area (Å²) in [5.74, 6) is -0.270. The quantitative estimate of drug-likeness (QED) is 0.298. The molecule has 0 aromatic heterocycles. The first kappa shape index (κ1) is 30.0.